The summed E-state index contributed by atoms with van der Waals surface area (Å²) in [5.41, 5.74) is 3.03. The highest BCUT2D eigenvalue weighted by Crippen LogP contribution is 2.30. The van der Waals surface area contributed by atoms with Gasteiger partial charge in [-0.05, 0) is 48.2 Å². The van der Waals surface area contributed by atoms with E-state index in [4.69, 9.17) is 0 Å². The molecule has 2 aromatic carbocycles. The molecule has 0 spiro atoms. The summed E-state index contributed by atoms with van der Waals surface area (Å²) < 4.78 is 13.4. The second-order valence-corrected chi connectivity index (χ2v) is 5.54. The standard InChI is InChI=1S/C19H18FNO/c1-14-18-13-17(20)9-8-16(18)11-12-21(14)19(22)10-7-15-5-3-2-4-6-15/h2-10,13-14H,11-12H2,1H3/b10-7+. The Morgan fingerprint density at radius 3 is 2.77 bits per heavy atom. The first-order chi connectivity index (χ1) is 10.6. The van der Waals surface area contributed by atoms with Crippen molar-refractivity contribution >= 4 is 12.0 Å². The van der Waals surface area contributed by atoms with Gasteiger partial charge in [0.25, 0.3) is 0 Å². The lowest BCUT2D eigenvalue weighted by molar-refractivity contribution is -0.128. The number of rotatable bonds is 2. The summed E-state index contributed by atoms with van der Waals surface area (Å²) in [5.74, 6) is -0.286. The van der Waals surface area contributed by atoms with Crippen LogP contribution in [0.15, 0.2) is 54.6 Å². The molecule has 1 aliphatic heterocycles. The molecule has 3 rings (SSSR count). The molecule has 1 aliphatic rings. The van der Waals surface area contributed by atoms with E-state index in [1.807, 2.05) is 49.4 Å². The lowest BCUT2D eigenvalue weighted by Crippen LogP contribution is -2.37. The number of nitrogens with zero attached hydrogens (tertiary/aromatic N) is 1. The molecule has 2 nitrogen and oxygen atoms in total. The van der Waals surface area contributed by atoms with E-state index in [1.165, 1.54) is 6.07 Å². The Bertz CT molecular complexity index is 709. The van der Waals surface area contributed by atoms with Crippen molar-refractivity contribution in [3.63, 3.8) is 0 Å². The van der Waals surface area contributed by atoms with Crippen molar-refractivity contribution < 1.29 is 9.18 Å². The predicted molar refractivity (Wildman–Crippen MR) is 85.7 cm³/mol. The summed E-state index contributed by atoms with van der Waals surface area (Å²) in [5, 5.41) is 0. The molecule has 1 heterocycles. The summed E-state index contributed by atoms with van der Waals surface area (Å²) >= 11 is 0. The third-order valence-electron chi connectivity index (χ3n) is 4.15. The fourth-order valence-electron chi connectivity index (χ4n) is 2.91. The lowest BCUT2D eigenvalue weighted by atomic mass is 9.93. The number of carbonyl (C=O) groups excluding carboxylic acids is 1. The molecular weight excluding hydrogens is 277 g/mol. The highest BCUT2D eigenvalue weighted by atomic mass is 19.1. The molecule has 1 atom stereocenters. The Labute approximate surface area is 129 Å². The normalized spacial score (nSPS) is 17.5. The van der Waals surface area contributed by atoms with Gasteiger partial charge in [0, 0.05) is 12.6 Å². The summed E-state index contributed by atoms with van der Waals surface area (Å²) in [4.78, 5) is 14.2. The van der Waals surface area contributed by atoms with Crippen molar-refractivity contribution in [2.24, 2.45) is 0 Å². The van der Waals surface area contributed by atoms with E-state index in [1.54, 1.807) is 17.0 Å². The molecule has 0 bridgehead atoms. The molecule has 0 aliphatic carbocycles. The van der Waals surface area contributed by atoms with Gasteiger partial charge < -0.3 is 4.90 Å². The van der Waals surface area contributed by atoms with E-state index in [2.05, 4.69) is 0 Å². The van der Waals surface area contributed by atoms with Gasteiger partial charge in [-0.2, -0.15) is 0 Å². The molecule has 112 valence electrons. The van der Waals surface area contributed by atoms with Crippen molar-refractivity contribution in [3.8, 4) is 0 Å². The van der Waals surface area contributed by atoms with E-state index in [9.17, 15) is 9.18 Å². The van der Waals surface area contributed by atoms with Crippen LogP contribution >= 0.6 is 0 Å². The number of halogens is 1. The van der Waals surface area contributed by atoms with Crippen LogP contribution in [0.25, 0.3) is 6.08 Å². The van der Waals surface area contributed by atoms with Gasteiger partial charge in [0.05, 0.1) is 6.04 Å². The number of benzene rings is 2. The van der Waals surface area contributed by atoms with Gasteiger partial charge in [-0.1, -0.05) is 36.4 Å². The fraction of sp³-hybridized carbons (Fsp3) is 0.211. The second kappa shape index (κ2) is 6.14. The molecule has 22 heavy (non-hydrogen) atoms. The van der Waals surface area contributed by atoms with E-state index >= 15 is 0 Å². The van der Waals surface area contributed by atoms with E-state index in [-0.39, 0.29) is 17.8 Å². The van der Waals surface area contributed by atoms with Gasteiger partial charge in [0.15, 0.2) is 0 Å². The maximum Gasteiger partial charge on any atom is 0.247 e. The number of hydrogen-bond acceptors (Lipinski definition) is 1. The van der Waals surface area contributed by atoms with Crippen LogP contribution in [0.1, 0.15) is 29.7 Å². The monoisotopic (exact) mass is 295 g/mol. The number of amides is 1. The molecule has 0 fully saturated rings. The van der Waals surface area contributed by atoms with E-state index < -0.39 is 0 Å². The molecule has 0 saturated heterocycles. The SMILES string of the molecule is CC1c2cc(F)ccc2CCN1C(=O)/C=C/c1ccccc1. The molecule has 0 radical (unpaired) electrons. The molecule has 0 N–H and O–H groups in total. The smallest absolute Gasteiger partial charge is 0.247 e. The maximum absolute atomic E-state index is 13.4. The molecular formula is C19H18FNO. The zero-order valence-electron chi connectivity index (χ0n) is 12.5. The highest BCUT2D eigenvalue weighted by Gasteiger charge is 2.26. The highest BCUT2D eigenvalue weighted by molar-refractivity contribution is 5.92. The Morgan fingerprint density at radius 1 is 1.23 bits per heavy atom. The minimum Gasteiger partial charge on any atom is -0.332 e. The minimum absolute atomic E-state index is 0.0359. The summed E-state index contributed by atoms with van der Waals surface area (Å²) in [7, 11) is 0. The Morgan fingerprint density at radius 2 is 2.00 bits per heavy atom. The van der Waals surface area contributed by atoms with Crippen LogP contribution in [0.2, 0.25) is 0 Å². The zero-order valence-corrected chi connectivity index (χ0v) is 12.5. The van der Waals surface area contributed by atoms with Crippen molar-refractivity contribution in [2.75, 3.05) is 6.54 Å². The molecule has 3 heteroatoms. The van der Waals surface area contributed by atoms with Gasteiger partial charge in [-0.3, -0.25) is 4.79 Å². The summed E-state index contributed by atoms with van der Waals surface area (Å²) in [6, 6.07) is 14.5. The average Bonchev–Trinajstić information content (AvgIpc) is 2.54. The fourth-order valence-corrected chi connectivity index (χ4v) is 2.91. The van der Waals surface area contributed by atoms with Crippen LogP contribution in [0.4, 0.5) is 4.39 Å². The summed E-state index contributed by atoms with van der Waals surface area (Å²) in [6.07, 6.45) is 4.18. The van der Waals surface area contributed by atoms with Gasteiger partial charge in [0.2, 0.25) is 5.91 Å². The maximum atomic E-state index is 13.4. The molecule has 1 amide bonds. The molecule has 0 aromatic heterocycles. The Hall–Kier alpha value is -2.42. The lowest BCUT2D eigenvalue weighted by Gasteiger charge is -2.34. The topological polar surface area (TPSA) is 20.3 Å². The van der Waals surface area contributed by atoms with Crippen molar-refractivity contribution in [1.82, 2.24) is 4.90 Å². The van der Waals surface area contributed by atoms with Gasteiger partial charge >= 0.3 is 0 Å². The van der Waals surface area contributed by atoms with Gasteiger partial charge in [-0.25, -0.2) is 4.39 Å². The number of hydrogen-bond donors (Lipinski definition) is 0. The summed E-state index contributed by atoms with van der Waals surface area (Å²) in [6.45, 7) is 2.61. The van der Waals surface area contributed by atoms with Crippen LogP contribution in [0, 0.1) is 5.82 Å². The Balaban J connectivity index is 1.78. The first-order valence-electron chi connectivity index (χ1n) is 7.47. The quantitative estimate of drug-likeness (QED) is 0.767. The minimum atomic E-state index is -0.250. The zero-order chi connectivity index (χ0) is 15.5. The molecule has 0 saturated carbocycles. The molecule has 1 unspecified atom stereocenters. The average molecular weight is 295 g/mol. The van der Waals surface area contributed by atoms with Crippen LogP contribution in [-0.4, -0.2) is 17.4 Å². The first-order valence-corrected chi connectivity index (χ1v) is 7.47. The van der Waals surface area contributed by atoms with Gasteiger partial charge in [0.1, 0.15) is 5.82 Å². The number of carbonyl (C=O) groups is 1. The largest absolute Gasteiger partial charge is 0.332 e. The Kier molecular flexibility index (Phi) is 4.05. The van der Waals surface area contributed by atoms with Crippen molar-refractivity contribution in [2.45, 2.75) is 19.4 Å². The van der Waals surface area contributed by atoms with E-state index in [0.29, 0.717) is 6.54 Å². The van der Waals surface area contributed by atoms with Crippen molar-refractivity contribution in [3.05, 3.63) is 77.1 Å². The second-order valence-electron chi connectivity index (χ2n) is 5.54. The third kappa shape index (κ3) is 2.93. The van der Waals surface area contributed by atoms with Crippen LogP contribution in [0.3, 0.4) is 0 Å². The first kappa shape index (κ1) is 14.5. The van der Waals surface area contributed by atoms with Crippen molar-refractivity contribution in [1.29, 1.82) is 0 Å². The van der Waals surface area contributed by atoms with E-state index in [0.717, 1.165) is 23.1 Å². The predicted octanol–water partition coefficient (Wildman–Crippen LogP) is 3.98. The van der Waals surface area contributed by atoms with Gasteiger partial charge in [-0.15, -0.1) is 0 Å². The number of fused-ring (bicyclic) bond motifs is 1. The van der Waals surface area contributed by atoms with Crippen LogP contribution in [0.5, 0.6) is 0 Å². The van der Waals surface area contributed by atoms with Crippen LogP contribution in [-0.2, 0) is 11.2 Å². The third-order valence-corrected chi connectivity index (χ3v) is 4.15. The molecule has 2 aromatic rings. The van der Waals surface area contributed by atoms with Crippen LogP contribution < -0.4 is 0 Å².